The standard InChI is InChI=1S/C13H13N5O5S3.Na/c1-24-5-3-25-11-7(10(20)18(11)8(5)12(21)22)16-9(19)6(17-23)4-2-26-13(14)15-4;/h2,7,11,23H,3H2,1H3,(H2,14,15)(H,16,19)(H,21,22);/q;+1/p-1/b17-6+;/t7-,11-;/m1./s1. The second kappa shape index (κ2) is 8.84. The Bertz CT molecular complexity index is 870. The molecular formula is C13H12N5NaO5S3. The van der Waals surface area contributed by atoms with Gasteiger partial charge in [0.1, 0.15) is 22.5 Å². The number of hydrogen-bond donors (Lipinski definition) is 3. The molecule has 0 spiro atoms. The summed E-state index contributed by atoms with van der Waals surface area (Å²) in [6, 6.07) is -1.04. The van der Waals surface area contributed by atoms with Gasteiger partial charge >= 0.3 is 35.5 Å². The maximum atomic E-state index is 12.4. The van der Waals surface area contributed by atoms with Gasteiger partial charge in [0.15, 0.2) is 11.2 Å². The summed E-state index contributed by atoms with van der Waals surface area (Å²) < 4.78 is 0. The molecule has 0 aliphatic carbocycles. The van der Waals surface area contributed by atoms with E-state index in [0.29, 0.717) is 10.7 Å². The molecule has 138 valence electrons. The van der Waals surface area contributed by atoms with Crippen molar-refractivity contribution in [1.29, 1.82) is 0 Å². The van der Waals surface area contributed by atoms with Gasteiger partial charge < -0.3 is 21.2 Å². The van der Waals surface area contributed by atoms with Crippen LogP contribution in [0.3, 0.4) is 0 Å². The van der Waals surface area contributed by atoms with Gasteiger partial charge in [0, 0.05) is 21.9 Å². The van der Waals surface area contributed by atoms with Gasteiger partial charge in [-0.25, -0.2) is 9.78 Å². The minimum absolute atomic E-state index is 0. The van der Waals surface area contributed by atoms with E-state index in [9.17, 15) is 19.8 Å². The number of thiazole rings is 1. The number of β-lactam (4-membered cyclic amide) rings is 1. The molecule has 1 amide bonds. The molecular weight excluding hydrogens is 425 g/mol. The Kier molecular flexibility index (Phi) is 7.21. The SMILES string of the molecule is CSC1=C(C(=O)O)N2C(=O)[C@@H](N=C([O-])/C(=N/O)c3csc(N)n3)[C@H]2SC1.[Na+]. The summed E-state index contributed by atoms with van der Waals surface area (Å²) >= 11 is 3.64. The quantitative estimate of drug-likeness (QED) is 0.106. The number of carboxylic acids is 1. The third-order valence-corrected chi connectivity index (χ3v) is 6.63. The number of nitrogens with two attached hydrogens (primary N) is 1. The van der Waals surface area contributed by atoms with E-state index in [1.165, 1.54) is 28.9 Å². The summed E-state index contributed by atoms with van der Waals surface area (Å²) in [5, 5.41) is 34.7. The van der Waals surface area contributed by atoms with Gasteiger partial charge in [0.25, 0.3) is 5.91 Å². The molecule has 3 rings (SSSR count). The number of rotatable bonds is 5. The molecule has 0 aromatic carbocycles. The van der Waals surface area contributed by atoms with Gasteiger partial charge in [-0.3, -0.25) is 14.7 Å². The largest absolute Gasteiger partial charge is 1.00 e. The number of carboxylic acid groups (broad SMARTS) is 1. The van der Waals surface area contributed by atoms with E-state index in [-0.39, 0.29) is 46.1 Å². The molecule has 4 N–H and O–H groups in total. The van der Waals surface area contributed by atoms with Crippen molar-refractivity contribution in [3.05, 3.63) is 21.7 Å². The monoisotopic (exact) mass is 437 g/mol. The Morgan fingerprint density at radius 1 is 1.56 bits per heavy atom. The van der Waals surface area contributed by atoms with E-state index in [1.54, 1.807) is 6.26 Å². The Morgan fingerprint density at radius 2 is 2.26 bits per heavy atom. The number of amides is 1. The second-order valence-corrected chi connectivity index (χ2v) is 7.99. The maximum absolute atomic E-state index is 12.4. The first kappa shape index (κ1) is 22.0. The molecule has 1 aromatic rings. The van der Waals surface area contributed by atoms with Crippen LogP contribution >= 0.6 is 34.9 Å². The fraction of sp³-hybridized carbons (Fsp3) is 0.308. The molecule has 2 aliphatic heterocycles. The van der Waals surface area contributed by atoms with Crippen molar-refractivity contribution in [2.24, 2.45) is 10.1 Å². The molecule has 2 atom stereocenters. The first-order valence-electron chi connectivity index (χ1n) is 7.02. The third-order valence-electron chi connectivity index (χ3n) is 3.68. The molecule has 2 aliphatic rings. The van der Waals surface area contributed by atoms with Gasteiger partial charge in [0.2, 0.25) is 0 Å². The van der Waals surface area contributed by atoms with Gasteiger partial charge in [-0.2, -0.15) is 0 Å². The van der Waals surface area contributed by atoms with Crippen molar-refractivity contribution < 1.29 is 54.6 Å². The predicted octanol–water partition coefficient (Wildman–Crippen LogP) is -3.39. The van der Waals surface area contributed by atoms with Crippen LogP contribution in [0.15, 0.2) is 26.1 Å². The Hall–Kier alpha value is -1.25. The van der Waals surface area contributed by atoms with Crippen molar-refractivity contribution >= 4 is 63.5 Å². The molecule has 27 heavy (non-hydrogen) atoms. The van der Waals surface area contributed by atoms with Gasteiger partial charge in [-0.15, -0.1) is 34.9 Å². The molecule has 0 saturated carbocycles. The van der Waals surface area contributed by atoms with E-state index in [4.69, 9.17) is 10.9 Å². The molecule has 1 saturated heterocycles. The zero-order chi connectivity index (χ0) is 19.0. The fourth-order valence-electron chi connectivity index (χ4n) is 2.50. The molecule has 0 radical (unpaired) electrons. The number of aliphatic carboxylic acids is 1. The first-order valence-corrected chi connectivity index (χ1v) is 10.2. The van der Waals surface area contributed by atoms with Crippen LogP contribution in [0.25, 0.3) is 0 Å². The summed E-state index contributed by atoms with van der Waals surface area (Å²) in [5.41, 5.74) is 5.04. The third kappa shape index (κ3) is 3.98. The number of nitrogens with zero attached hydrogens (tertiary/aromatic N) is 4. The van der Waals surface area contributed by atoms with E-state index in [0.717, 1.165) is 16.2 Å². The van der Waals surface area contributed by atoms with Crippen LogP contribution in [0.4, 0.5) is 5.13 Å². The molecule has 1 aromatic heterocycles. The second-order valence-electron chi connectivity index (χ2n) is 5.09. The van der Waals surface area contributed by atoms with Gasteiger partial charge in [0.05, 0.1) is 0 Å². The number of anilines is 1. The van der Waals surface area contributed by atoms with Crippen molar-refractivity contribution in [3.8, 4) is 0 Å². The van der Waals surface area contributed by atoms with Crippen LogP contribution in [0, 0.1) is 0 Å². The van der Waals surface area contributed by atoms with E-state index < -0.39 is 34.9 Å². The van der Waals surface area contributed by atoms with Crippen molar-refractivity contribution in [3.63, 3.8) is 0 Å². The van der Waals surface area contributed by atoms with Crippen LogP contribution < -0.4 is 40.4 Å². The van der Waals surface area contributed by atoms with Gasteiger partial charge in [-0.1, -0.05) is 5.16 Å². The summed E-state index contributed by atoms with van der Waals surface area (Å²) in [7, 11) is 0. The van der Waals surface area contributed by atoms with Crippen LogP contribution in [-0.2, 0) is 9.59 Å². The number of aliphatic imine (C=N–C) groups is 1. The number of thioether (sulfide) groups is 2. The van der Waals surface area contributed by atoms with Crippen LogP contribution in [0.1, 0.15) is 5.69 Å². The Morgan fingerprint density at radius 3 is 2.78 bits per heavy atom. The summed E-state index contributed by atoms with van der Waals surface area (Å²) in [4.78, 5) is 33.2. The number of carbonyl (C=O) groups excluding carboxylic acids is 1. The molecule has 10 nitrogen and oxygen atoms in total. The summed E-state index contributed by atoms with van der Waals surface area (Å²) in [5.74, 6) is -2.31. The molecule has 0 unspecified atom stereocenters. The normalized spacial score (nSPS) is 22.9. The Labute approximate surface area is 187 Å². The van der Waals surface area contributed by atoms with Crippen molar-refractivity contribution in [1.82, 2.24) is 9.88 Å². The van der Waals surface area contributed by atoms with Crippen molar-refractivity contribution in [2.45, 2.75) is 11.4 Å². The number of carbonyl (C=O) groups is 2. The number of nitrogen functional groups attached to an aromatic ring is 1. The molecule has 1 fully saturated rings. The van der Waals surface area contributed by atoms with Crippen LogP contribution in [0.5, 0.6) is 0 Å². The van der Waals surface area contributed by atoms with Crippen molar-refractivity contribution in [2.75, 3.05) is 17.7 Å². The minimum atomic E-state index is -1.20. The molecule has 0 bridgehead atoms. The predicted molar refractivity (Wildman–Crippen MR) is 97.3 cm³/mol. The maximum Gasteiger partial charge on any atom is 1.00 e. The number of fused-ring (bicyclic) bond motifs is 1. The van der Waals surface area contributed by atoms with E-state index in [2.05, 4.69) is 15.1 Å². The number of oxime groups is 1. The number of aromatic nitrogens is 1. The fourth-order valence-corrected chi connectivity index (χ4v) is 5.28. The smallest absolute Gasteiger partial charge is 0.857 e. The number of hydrogen-bond acceptors (Lipinski definition) is 11. The summed E-state index contributed by atoms with van der Waals surface area (Å²) in [6.45, 7) is 0. The zero-order valence-corrected chi connectivity index (χ0v) is 18.6. The van der Waals surface area contributed by atoms with E-state index >= 15 is 0 Å². The Balaban J connectivity index is 0.00000261. The van der Waals surface area contributed by atoms with Crippen LogP contribution in [-0.4, -0.2) is 67.1 Å². The average molecular weight is 437 g/mol. The van der Waals surface area contributed by atoms with Gasteiger partial charge in [-0.05, 0) is 6.26 Å². The van der Waals surface area contributed by atoms with Crippen LogP contribution in [0.2, 0.25) is 0 Å². The van der Waals surface area contributed by atoms with E-state index in [1.807, 2.05) is 0 Å². The first-order chi connectivity index (χ1) is 12.4. The topological polar surface area (TPSA) is 165 Å². The molecule has 3 heterocycles. The summed E-state index contributed by atoms with van der Waals surface area (Å²) in [6.07, 6.45) is 1.73. The minimum Gasteiger partial charge on any atom is -0.857 e. The molecule has 14 heteroatoms. The average Bonchev–Trinajstić information content (AvgIpc) is 3.04. The zero-order valence-electron chi connectivity index (χ0n) is 14.1.